The number of nitrogens with zero attached hydrogens (tertiary/aromatic N) is 3. The van der Waals surface area contributed by atoms with Gasteiger partial charge in [-0.3, -0.25) is 4.98 Å². The average Bonchev–Trinajstić information content (AvgIpc) is 3.07. The topological polar surface area (TPSA) is 87.1 Å². The normalized spacial score (nSPS) is 18.3. The molecule has 6 heteroatoms. The van der Waals surface area contributed by atoms with Crippen LogP contribution in [-0.4, -0.2) is 22.2 Å². The van der Waals surface area contributed by atoms with Crippen molar-refractivity contribution in [2.45, 2.75) is 31.4 Å². The molecule has 1 aliphatic rings. The Bertz CT molecular complexity index is 590. The van der Waals surface area contributed by atoms with Gasteiger partial charge in [0.2, 0.25) is 11.7 Å². The third-order valence-corrected chi connectivity index (χ3v) is 3.41. The summed E-state index contributed by atoms with van der Waals surface area (Å²) in [6, 6.07) is 3.54. The van der Waals surface area contributed by atoms with Gasteiger partial charge in [0.05, 0.1) is 11.7 Å². The molecule has 2 aromatic rings. The van der Waals surface area contributed by atoms with E-state index < -0.39 is 0 Å². The van der Waals surface area contributed by atoms with Gasteiger partial charge in [-0.2, -0.15) is 4.98 Å². The summed E-state index contributed by atoms with van der Waals surface area (Å²) in [5.74, 6) is 0.962. The Labute approximate surface area is 111 Å². The van der Waals surface area contributed by atoms with Crippen molar-refractivity contribution < 1.29 is 9.26 Å². The van der Waals surface area contributed by atoms with Crippen molar-refractivity contribution in [2.24, 2.45) is 5.73 Å². The van der Waals surface area contributed by atoms with Gasteiger partial charge in [0.1, 0.15) is 5.60 Å². The highest BCUT2D eigenvalue weighted by Gasteiger charge is 2.46. The van der Waals surface area contributed by atoms with E-state index in [0.29, 0.717) is 11.7 Å². The summed E-state index contributed by atoms with van der Waals surface area (Å²) >= 11 is 0. The minimum absolute atomic E-state index is 0.219. The van der Waals surface area contributed by atoms with Crippen LogP contribution in [0.25, 0.3) is 11.4 Å². The lowest BCUT2D eigenvalue weighted by Gasteiger charge is -2.12. The highest BCUT2D eigenvalue weighted by molar-refractivity contribution is 5.55. The van der Waals surface area contributed by atoms with Crippen LogP contribution in [-0.2, 0) is 10.3 Å². The van der Waals surface area contributed by atoms with Gasteiger partial charge >= 0.3 is 0 Å². The molecule has 1 atom stereocenters. The molecule has 2 N–H and O–H groups in total. The van der Waals surface area contributed by atoms with Crippen molar-refractivity contribution in [2.75, 3.05) is 7.11 Å². The fourth-order valence-corrected chi connectivity index (χ4v) is 2.03. The molecule has 0 aromatic carbocycles. The Balaban J connectivity index is 1.94. The Morgan fingerprint density at radius 1 is 1.47 bits per heavy atom. The van der Waals surface area contributed by atoms with Crippen LogP contribution in [0.2, 0.25) is 0 Å². The second-order valence-electron chi connectivity index (χ2n) is 4.87. The van der Waals surface area contributed by atoms with Crippen LogP contribution < -0.4 is 5.73 Å². The molecule has 0 radical (unpaired) electrons. The van der Waals surface area contributed by atoms with Crippen molar-refractivity contribution in [1.29, 1.82) is 0 Å². The summed E-state index contributed by atoms with van der Waals surface area (Å²) in [6.45, 7) is 1.80. The first-order valence-electron chi connectivity index (χ1n) is 6.26. The summed E-state index contributed by atoms with van der Waals surface area (Å²) in [5.41, 5.74) is 7.27. The van der Waals surface area contributed by atoms with E-state index in [1.54, 1.807) is 20.2 Å². The fourth-order valence-electron chi connectivity index (χ4n) is 2.03. The Hall–Kier alpha value is -1.79. The molecule has 6 nitrogen and oxygen atoms in total. The van der Waals surface area contributed by atoms with Crippen LogP contribution in [0, 0.1) is 0 Å². The lowest BCUT2D eigenvalue weighted by molar-refractivity contribution is 0.0752. The van der Waals surface area contributed by atoms with E-state index in [4.69, 9.17) is 15.0 Å². The van der Waals surface area contributed by atoms with Crippen LogP contribution in [0.1, 0.15) is 37.4 Å². The minimum atomic E-state index is -0.267. The van der Waals surface area contributed by atoms with Crippen LogP contribution in [0.3, 0.4) is 0 Å². The van der Waals surface area contributed by atoms with Crippen LogP contribution in [0.5, 0.6) is 0 Å². The van der Waals surface area contributed by atoms with E-state index >= 15 is 0 Å². The highest BCUT2D eigenvalue weighted by Crippen LogP contribution is 2.48. The smallest absolute Gasteiger partial charge is 0.243 e. The molecule has 0 spiro atoms. The maximum Gasteiger partial charge on any atom is 0.243 e. The second-order valence-corrected chi connectivity index (χ2v) is 4.87. The Kier molecular flexibility index (Phi) is 2.83. The lowest BCUT2D eigenvalue weighted by Crippen LogP contribution is -2.11. The third-order valence-electron chi connectivity index (χ3n) is 3.41. The first-order valence-corrected chi connectivity index (χ1v) is 6.26. The number of ether oxygens (including phenoxy) is 1. The molecular weight excluding hydrogens is 244 g/mol. The fraction of sp³-hybridized carbons (Fsp3) is 0.462. The number of nitrogens with two attached hydrogens (primary N) is 1. The number of hydrogen-bond acceptors (Lipinski definition) is 6. The molecule has 0 amide bonds. The molecule has 100 valence electrons. The van der Waals surface area contributed by atoms with Gasteiger partial charge in [-0.15, -0.1) is 0 Å². The second kappa shape index (κ2) is 4.40. The van der Waals surface area contributed by atoms with E-state index in [0.717, 1.165) is 24.1 Å². The van der Waals surface area contributed by atoms with Crippen molar-refractivity contribution in [3.63, 3.8) is 0 Å². The molecule has 1 fully saturated rings. The van der Waals surface area contributed by atoms with Gasteiger partial charge < -0.3 is 15.0 Å². The van der Waals surface area contributed by atoms with Gasteiger partial charge in [0.15, 0.2) is 0 Å². The van der Waals surface area contributed by atoms with E-state index in [9.17, 15) is 0 Å². The van der Waals surface area contributed by atoms with Gasteiger partial charge in [0.25, 0.3) is 0 Å². The zero-order valence-electron chi connectivity index (χ0n) is 11.0. The summed E-state index contributed by atoms with van der Waals surface area (Å²) in [6.07, 6.45) is 3.74. The first kappa shape index (κ1) is 12.3. The summed E-state index contributed by atoms with van der Waals surface area (Å²) < 4.78 is 10.6. The van der Waals surface area contributed by atoms with Crippen molar-refractivity contribution in [3.8, 4) is 11.4 Å². The van der Waals surface area contributed by atoms with Crippen molar-refractivity contribution in [1.82, 2.24) is 15.1 Å². The van der Waals surface area contributed by atoms with Crippen LogP contribution in [0.4, 0.5) is 0 Å². The number of pyridine rings is 1. The van der Waals surface area contributed by atoms with E-state index in [1.165, 1.54) is 0 Å². The summed E-state index contributed by atoms with van der Waals surface area (Å²) in [5, 5.41) is 3.94. The minimum Gasteiger partial charge on any atom is -0.372 e. The average molecular weight is 260 g/mol. The van der Waals surface area contributed by atoms with E-state index in [2.05, 4.69) is 15.1 Å². The monoisotopic (exact) mass is 260 g/mol. The van der Waals surface area contributed by atoms with Gasteiger partial charge in [-0.25, -0.2) is 0 Å². The molecule has 1 unspecified atom stereocenters. The summed E-state index contributed by atoms with van der Waals surface area (Å²) in [4.78, 5) is 8.65. The molecule has 2 aromatic heterocycles. The predicted molar refractivity (Wildman–Crippen MR) is 68.1 cm³/mol. The van der Waals surface area contributed by atoms with Crippen molar-refractivity contribution >= 4 is 0 Å². The van der Waals surface area contributed by atoms with Crippen LogP contribution in [0.15, 0.2) is 22.9 Å². The molecule has 19 heavy (non-hydrogen) atoms. The quantitative estimate of drug-likeness (QED) is 0.901. The third kappa shape index (κ3) is 2.13. The van der Waals surface area contributed by atoms with Crippen molar-refractivity contribution in [3.05, 3.63) is 29.9 Å². The number of aromatic nitrogens is 3. The molecule has 1 aliphatic carbocycles. The largest absolute Gasteiger partial charge is 0.372 e. The van der Waals surface area contributed by atoms with Gasteiger partial charge in [0, 0.05) is 18.9 Å². The molecule has 0 aliphatic heterocycles. The molecule has 1 saturated carbocycles. The SMILES string of the molecule is COC1(c2cc(-c3noc(C(C)N)n3)ccn2)CC1. The zero-order chi connectivity index (χ0) is 13.5. The molecule has 0 saturated heterocycles. The number of rotatable bonds is 4. The number of methoxy groups -OCH3 is 1. The van der Waals surface area contributed by atoms with Crippen LogP contribution >= 0.6 is 0 Å². The van der Waals surface area contributed by atoms with Gasteiger partial charge in [-0.1, -0.05) is 5.16 Å². The molecule has 2 heterocycles. The van der Waals surface area contributed by atoms with E-state index in [1.807, 2.05) is 12.1 Å². The zero-order valence-corrected chi connectivity index (χ0v) is 11.0. The molecular formula is C13H16N4O2. The first-order chi connectivity index (χ1) is 9.14. The maximum atomic E-state index is 5.71. The van der Waals surface area contributed by atoms with Gasteiger partial charge in [-0.05, 0) is 31.9 Å². The predicted octanol–water partition coefficient (Wildman–Crippen LogP) is 1.79. The standard InChI is InChI=1S/C13H16N4O2/c1-8(14)12-16-11(17-19-12)9-3-6-15-10(7-9)13(18-2)4-5-13/h3,6-8H,4-5,14H2,1-2H3. The highest BCUT2D eigenvalue weighted by atomic mass is 16.5. The van der Waals surface area contributed by atoms with E-state index in [-0.39, 0.29) is 11.6 Å². The maximum absolute atomic E-state index is 5.71. The molecule has 3 rings (SSSR count). The lowest BCUT2D eigenvalue weighted by atomic mass is 10.1. The number of hydrogen-bond donors (Lipinski definition) is 1. The molecule has 0 bridgehead atoms. The summed E-state index contributed by atoms with van der Waals surface area (Å²) in [7, 11) is 1.71. The Morgan fingerprint density at radius 2 is 2.26 bits per heavy atom. The Morgan fingerprint density at radius 3 is 2.84 bits per heavy atom.